The smallest absolute Gasteiger partial charge is 0.243 e. The van der Waals surface area contributed by atoms with E-state index < -0.39 is 16.1 Å². The lowest BCUT2D eigenvalue weighted by Crippen LogP contribution is -2.52. The van der Waals surface area contributed by atoms with Gasteiger partial charge in [-0.15, -0.1) is 0 Å². The van der Waals surface area contributed by atoms with Gasteiger partial charge < -0.3 is 15.0 Å². The summed E-state index contributed by atoms with van der Waals surface area (Å²) >= 11 is 0. The first-order chi connectivity index (χ1) is 21.9. The summed E-state index contributed by atoms with van der Waals surface area (Å²) in [6.45, 7) is 5.71. The quantitative estimate of drug-likeness (QED) is 0.292. The monoisotopic (exact) mass is 632 g/mol. The molecule has 9 nitrogen and oxygen atoms in total. The molecule has 1 atom stereocenters. The van der Waals surface area contributed by atoms with Gasteiger partial charge in [-0.25, -0.2) is 8.42 Å². The maximum atomic E-state index is 14.0. The summed E-state index contributed by atoms with van der Waals surface area (Å²) in [6, 6.07) is 25.7. The Balaban J connectivity index is 1.31. The fourth-order valence-electron chi connectivity index (χ4n) is 5.91. The van der Waals surface area contributed by atoms with Crippen LogP contribution in [0.3, 0.4) is 0 Å². The third-order valence-electron chi connectivity index (χ3n) is 8.55. The number of sulfonamides is 1. The molecule has 5 rings (SSSR count). The van der Waals surface area contributed by atoms with E-state index in [1.807, 2.05) is 60.7 Å². The third kappa shape index (κ3) is 9.23. The Morgan fingerprint density at radius 3 is 2.07 bits per heavy atom. The zero-order chi connectivity index (χ0) is 31.5. The van der Waals surface area contributed by atoms with Gasteiger partial charge in [-0.2, -0.15) is 4.31 Å². The van der Waals surface area contributed by atoms with Crippen molar-refractivity contribution in [1.82, 2.24) is 19.4 Å². The number of nitrogens with zero attached hydrogens (tertiary/aromatic N) is 3. The van der Waals surface area contributed by atoms with Gasteiger partial charge in [0.25, 0.3) is 0 Å². The molecule has 0 saturated carbocycles. The van der Waals surface area contributed by atoms with E-state index in [1.54, 1.807) is 29.2 Å². The molecule has 2 aliphatic rings. The summed E-state index contributed by atoms with van der Waals surface area (Å²) in [5.74, 6) is -0.301. The maximum Gasteiger partial charge on any atom is 0.243 e. The number of aryl methyl sites for hydroxylation is 1. The minimum absolute atomic E-state index is 0.128. The summed E-state index contributed by atoms with van der Waals surface area (Å²) in [4.78, 5) is 32.1. The van der Waals surface area contributed by atoms with Crippen LogP contribution in [0.15, 0.2) is 89.8 Å². The predicted octanol–water partition coefficient (Wildman–Crippen LogP) is 3.49. The second-order valence-corrected chi connectivity index (χ2v) is 13.7. The summed E-state index contributed by atoms with van der Waals surface area (Å²) in [7, 11) is -3.50. The Hall–Kier alpha value is -3.57. The third-order valence-corrected chi connectivity index (χ3v) is 10.5. The number of hydrogen-bond donors (Lipinski definition) is 1. The molecule has 240 valence electrons. The number of carbonyl (C=O) groups excluding carboxylic acids is 2. The van der Waals surface area contributed by atoms with E-state index in [-0.39, 0.29) is 23.1 Å². The fraction of sp³-hybridized carbons (Fsp3) is 0.429. The highest BCUT2D eigenvalue weighted by Crippen LogP contribution is 2.22. The van der Waals surface area contributed by atoms with E-state index in [0.717, 1.165) is 49.2 Å². The van der Waals surface area contributed by atoms with E-state index in [0.29, 0.717) is 52.2 Å². The second kappa shape index (κ2) is 16.1. The SMILES string of the molecule is O=C(NCCN1CCOCC1)C(Cc1ccccc1)N(Cc1ccccc1)C(=O)CCc1ccc(S(=O)(=O)N2CCCC2)cc1. The van der Waals surface area contributed by atoms with Crippen LogP contribution in [-0.2, 0) is 43.7 Å². The molecule has 3 aromatic rings. The van der Waals surface area contributed by atoms with Crippen molar-refractivity contribution in [1.29, 1.82) is 0 Å². The highest BCUT2D eigenvalue weighted by molar-refractivity contribution is 7.89. The van der Waals surface area contributed by atoms with Crippen LogP contribution >= 0.6 is 0 Å². The molecule has 0 aromatic heterocycles. The van der Waals surface area contributed by atoms with Crippen molar-refractivity contribution in [2.24, 2.45) is 0 Å². The molecule has 10 heteroatoms. The van der Waals surface area contributed by atoms with Gasteiger partial charge in [0.05, 0.1) is 18.1 Å². The first-order valence-corrected chi connectivity index (χ1v) is 17.4. The lowest BCUT2D eigenvalue weighted by molar-refractivity contribution is -0.141. The number of hydrogen-bond acceptors (Lipinski definition) is 6. The summed E-state index contributed by atoms with van der Waals surface area (Å²) in [5, 5.41) is 3.11. The molecule has 0 aliphatic carbocycles. The van der Waals surface area contributed by atoms with E-state index >= 15 is 0 Å². The minimum atomic E-state index is -3.50. The van der Waals surface area contributed by atoms with E-state index in [2.05, 4.69) is 10.2 Å². The zero-order valence-electron chi connectivity index (χ0n) is 25.9. The molecule has 2 aliphatic heterocycles. The molecule has 2 saturated heterocycles. The van der Waals surface area contributed by atoms with Crippen molar-refractivity contribution in [3.05, 3.63) is 102 Å². The van der Waals surface area contributed by atoms with Gasteiger partial charge in [0.15, 0.2) is 0 Å². The molecular formula is C35H44N4O5S. The van der Waals surface area contributed by atoms with Crippen LogP contribution in [0.25, 0.3) is 0 Å². The largest absolute Gasteiger partial charge is 0.379 e. The molecule has 3 aromatic carbocycles. The first-order valence-electron chi connectivity index (χ1n) is 15.9. The van der Waals surface area contributed by atoms with Crippen molar-refractivity contribution in [3.8, 4) is 0 Å². The average molecular weight is 633 g/mol. The number of carbonyl (C=O) groups is 2. The van der Waals surface area contributed by atoms with Crippen LogP contribution in [-0.4, -0.2) is 92.9 Å². The van der Waals surface area contributed by atoms with Gasteiger partial charge in [-0.3, -0.25) is 14.5 Å². The number of amides is 2. The Bertz CT molecular complexity index is 1470. The molecule has 2 heterocycles. The van der Waals surface area contributed by atoms with Crippen molar-refractivity contribution in [2.75, 3.05) is 52.5 Å². The maximum absolute atomic E-state index is 14.0. The van der Waals surface area contributed by atoms with Gasteiger partial charge in [0.1, 0.15) is 6.04 Å². The lowest BCUT2D eigenvalue weighted by Gasteiger charge is -2.32. The summed E-state index contributed by atoms with van der Waals surface area (Å²) in [5.41, 5.74) is 2.80. The molecule has 2 amide bonds. The molecule has 1 N–H and O–H groups in total. The van der Waals surface area contributed by atoms with Crippen molar-refractivity contribution < 1.29 is 22.7 Å². The van der Waals surface area contributed by atoms with Crippen molar-refractivity contribution in [3.63, 3.8) is 0 Å². The Kier molecular flexibility index (Phi) is 11.8. The molecule has 0 bridgehead atoms. The normalized spacial score (nSPS) is 16.7. The first kappa shape index (κ1) is 32.8. The van der Waals surface area contributed by atoms with Crippen LogP contribution in [0.1, 0.15) is 36.0 Å². The lowest BCUT2D eigenvalue weighted by atomic mass is 10.0. The summed E-state index contributed by atoms with van der Waals surface area (Å²) < 4.78 is 32.9. The Labute approximate surface area is 267 Å². The van der Waals surface area contributed by atoms with Crippen LogP contribution < -0.4 is 5.32 Å². The van der Waals surface area contributed by atoms with Gasteiger partial charge in [0.2, 0.25) is 21.8 Å². The molecule has 0 spiro atoms. The Morgan fingerprint density at radius 1 is 0.800 bits per heavy atom. The predicted molar refractivity (Wildman–Crippen MR) is 174 cm³/mol. The van der Waals surface area contributed by atoms with Gasteiger partial charge in [-0.1, -0.05) is 72.8 Å². The van der Waals surface area contributed by atoms with Crippen molar-refractivity contribution >= 4 is 21.8 Å². The number of morpholine rings is 1. The molecule has 0 radical (unpaired) electrons. The molecule has 1 unspecified atom stereocenters. The standard InChI is InChI=1S/C35H44N4O5S/c40-34(18-15-29-13-16-32(17-14-29)45(42,43)38-20-7-8-21-38)39(28-31-11-5-2-6-12-31)33(27-30-9-3-1-4-10-30)35(41)36-19-22-37-23-25-44-26-24-37/h1-6,9-14,16-17,33H,7-8,15,18-28H2,(H,36,41). The van der Waals surface area contributed by atoms with E-state index in [4.69, 9.17) is 4.74 Å². The van der Waals surface area contributed by atoms with Gasteiger partial charge >= 0.3 is 0 Å². The molecule has 45 heavy (non-hydrogen) atoms. The highest BCUT2D eigenvalue weighted by Gasteiger charge is 2.31. The fourth-order valence-corrected chi connectivity index (χ4v) is 7.43. The van der Waals surface area contributed by atoms with Gasteiger partial charge in [0, 0.05) is 58.7 Å². The van der Waals surface area contributed by atoms with E-state index in [1.165, 1.54) is 4.31 Å². The van der Waals surface area contributed by atoms with Crippen LogP contribution in [0.5, 0.6) is 0 Å². The minimum Gasteiger partial charge on any atom is -0.379 e. The van der Waals surface area contributed by atoms with Crippen LogP contribution in [0, 0.1) is 0 Å². The second-order valence-electron chi connectivity index (χ2n) is 11.7. The van der Waals surface area contributed by atoms with E-state index in [9.17, 15) is 18.0 Å². The number of rotatable bonds is 14. The number of benzene rings is 3. The molecule has 2 fully saturated rings. The van der Waals surface area contributed by atoms with Crippen LogP contribution in [0.4, 0.5) is 0 Å². The number of nitrogens with one attached hydrogen (secondary N) is 1. The van der Waals surface area contributed by atoms with Crippen LogP contribution in [0.2, 0.25) is 0 Å². The topological polar surface area (TPSA) is 99.3 Å². The molecular weight excluding hydrogens is 588 g/mol. The Morgan fingerprint density at radius 2 is 1.42 bits per heavy atom. The average Bonchev–Trinajstić information content (AvgIpc) is 3.63. The van der Waals surface area contributed by atoms with Gasteiger partial charge in [-0.05, 0) is 48.1 Å². The summed E-state index contributed by atoms with van der Waals surface area (Å²) in [6.07, 6.45) is 2.79. The van der Waals surface area contributed by atoms with Crippen molar-refractivity contribution in [2.45, 2.75) is 49.6 Å². The zero-order valence-corrected chi connectivity index (χ0v) is 26.7. The number of ether oxygens (including phenoxy) is 1. The highest BCUT2D eigenvalue weighted by atomic mass is 32.2.